The molecule has 0 unspecified atom stereocenters. The monoisotopic (exact) mass is 370 g/mol. The van der Waals surface area contributed by atoms with Crippen LogP contribution in [0.5, 0.6) is 0 Å². The van der Waals surface area contributed by atoms with Crippen LogP contribution in [0.15, 0.2) is 39.5 Å². The van der Waals surface area contributed by atoms with Crippen molar-refractivity contribution >= 4 is 49.4 Å². The lowest BCUT2D eigenvalue weighted by Crippen LogP contribution is -2.15. The van der Waals surface area contributed by atoms with Gasteiger partial charge in [0.25, 0.3) is 5.91 Å². The molecule has 1 amide bonds. The second-order valence-electron chi connectivity index (χ2n) is 3.40. The molecular formula is C11H8Br2N4O. The number of carbonyl (C=O) groups excluding carboxylic acids is 1. The second-order valence-corrected chi connectivity index (χ2v) is 5.23. The normalized spacial score (nSPS) is 10.1. The number of nitrogen functional groups attached to an aromatic ring is 1. The van der Waals surface area contributed by atoms with E-state index in [1.165, 1.54) is 6.20 Å². The highest BCUT2D eigenvalue weighted by Gasteiger charge is 2.12. The molecule has 2 rings (SSSR count). The number of halogens is 2. The lowest BCUT2D eigenvalue weighted by Gasteiger charge is -2.06. The third-order valence-corrected chi connectivity index (χ3v) is 3.00. The summed E-state index contributed by atoms with van der Waals surface area (Å²) in [5.74, 6) is 0.270. The molecule has 92 valence electrons. The molecule has 0 atom stereocenters. The minimum absolute atomic E-state index is 0.174. The Morgan fingerprint density at radius 3 is 2.56 bits per heavy atom. The number of carbonyl (C=O) groups is 1. The van der Waals surface area contributed by atoms with E-state index in [0.717, 1.165) is 4.47 Å². The number of hydrogen-bond acceptors (Lipinski definition) is 4. The van der Waals surface area contributed by atoms with Gasteiger partial charge < -0.3 is 11.1 Å². The van der Waals surface area contributed by atoms with Crippen molar-refractivity contribution in [1.82, 2.24) is 9.97 Å². The summed E-state index contributed by atoms with van der Waals surface area (Å²) in [4.78, 5) is 19.9. The maximum atomic E-state index is 12.0. The van der Waals surface area contributed by atoms with Gasteiger partial charge in [-0.05, 0) is 50.1 Å². The Kier molecular flexibility index (Phi) is 3.93. The van der Waals surface area contributed by atoms with Gasteiger partial charge in [0.05, 0.1) is 5.56 Å². The van der Waals surface area contributed by atoms with Crippen molar-refractivity contribution in [3.63, 3.8) is 0 Å². The van der Waals surface area contributed by atoms with Crippen molar-refractivity contribution in [2.24, 2.45) is 0 Å². The highest BCUT2D eigenvalue weighted by molar-refractivity contribution is 9.10. The highest BCUT2D eigenvalue weighted by atomic mass is 79.9. The van der Waals surface area contributed by atoms with Gasteiger partial charge in [-0.2, -0.15) is 0 Å². The molecule has 0 saturated heterocycles. The Hall–Kier alpha value is -1.47. The number of nitrogens with one attached hydrogen (secondary N) is 1. The summed E-state index contributed by atoms with van der Waals surface area (Å²) in [5.41, 5.74) is 5.95. The molecule has 0 aliphatic carbocycles. The van der Waals surface area contributed by atoms with Crippen LogP contribution in [0.25, 0.3) is 0 Å². The Balaban J connectivity index is 2.21. The summed E-state index contributed by atoms with van der Waals surface area (Å²) in [6.45, 7) is 0. The number of amides is 1. The predicted molar refractivity (Wildman–Crippen MR) is 76.2 cm³/mol. The minimum Gasteiger partial charge on any atom is -0.383 e. The fourth-order valence-corrected chi connectivity index (χ4v) is 1.83. The van der Waals surface area contributed by atoms with Gasteiger partial charge in [-0.15, -0.1) is 0 Å². The number of nitrogens with two attached hydrogens (primary N) is 1. The van der Waals surface area contributed by atoms with Crippen LogP contribution >= 0.6 is 31.9 Å². The summed E-state index contributed by atoms with van der Waals surface area (Å²) in [5, 5.41) is 2.64. The number of hydrogen-bond donors (Lipinski definition) is 2. The first-order chi connectivity index (χ1) is 8.56. The Morgan fingerprint density at radius 1 is 1.17 bits per heavy atom. The fraction of sp³-hybridized carbons (Fsp3) is 0. The molecule has 0 aliphatic rings. The summed E-state index contributed by atoms with van der Waals surface area (Å²) < 4.78 is 1.52. The largest absolute Gasteiger partial charge is 0.383 e. The molecule has 2 heterocycles. The lowest BCUT2D eigenvalue weighted by atomic mass is 10.2. The van der Waals surface area contributed by atoms with Crippen LogP contribution in [0.2, 0.25) is 0 Å². The molecule has 3 N–H and O–H groups in total. The van der Waals surface area contributed by atoms with Crippen molar-refractivity contribution in [1.29, 1.82) is 0 Å². The predicted octanol–water partition coefficient (Wildman–Crippen LogP) is 2.84. The Morgan fingerprint density at radius 2 is 1.89 bits per heavy atom. The lowest BCUT2D eigenvalue weighted by molar-refractivity contribution is 0.102. The second kappa shape index (κ2) is 5.45. The molecule has 0 bridgehead atoms. The molecule has 2 aromatic rings. The van der Waals surface area contributed by atoms with Crippen molar-refractivity contribution in [2.45, 2.75) is 0 Å². The van der Waals surface area contributed by atoms with Crippen molar-refractivity contribution in [3.8, 4) is 0 Å². The van der Waals surface area contributed by atoms with Gasteiger partial charge >= 0.3 is 0 Å². The average Bonchev–Trinajstić information content (AvgIpc) is 2.35. The maximum Gasteiger partial charge on any atom is 0.260 e. The van der Waals surface area contributed by atoms with Crippen LogP contribution in [-0.4, -0.2) is 15.9 Å². The quantitative estimate of drug-likeness (QED) is 0.850. The number of aromatic nitrogens is 2. The maximum absolute atomic E-state index is 12.0. The van der Waals surface area contributed by atoms with E-state index < -0.39 is 0 Å². The van der Waals surface area contributed by atoms with Crippen LogP contribution in [0.4, 0.5) is 11.6 Å². The first kappa shape index (κ1) is 13.0. The Bertz CT molecular complexity index is 586. The van der Waals surface area contributed by atoms with Gasteiger partial charge in [0, 0.05) is 21.3 Å². The molecule has 0 aromatic carbocycles. The van der Waals surface area contributed by atoms with E-state index in [2.05, 4.69) is 47.1 Å². The molecule has 0 saturated carbocycles. The average molecular weight is 372 g/mol. The van der Waals surface area contributed by atoms with Crippen molar-refractivity contribution in [3.05, 3.63) is 45.1 Å². The van der Waals surface area contributed by atoms with Crippen LogP contribution in [0, 0.1) is 0 Å². The zero-order valence-corrected chi connectivity index (χ0v) is 12.2. The third kappa shape index (κ3) is 3.05. The topological polar surface area (TPSA) is 80.9 Å². The van der Waals surface area contributed by atoms with Gasteiger partial charge in [0.2, 0.25) is 0 Å². The van der Waals surface area contributed by atoms with Gasteiger partial charge in [0.1, 0.15) is 11.6 Å². The van der Waals surface area contributed by atoms with E-state index in [-0.39, 0.29) is 11.7 Å². The number of nitrogens with zero attached hydrogens (tertiary/aromatic N) is 2. The highest BCUT2D eigenvalue weighted by Crippen LogP contribution is 2.17. The SMILES string of the molecule is Nc1ncc(Br)cc1C(=O)Nc1ccc(Br)cn1. The first-order valence-electron chi connectivity index (χ1n) is 4.90. The molecule has 2 aromatic heterocycles. The molecule has 0 aliphatic heterocycles. The zero-order valence-electron chi connectivity index (χ0n) is 9.02. The first-order valence-corrected chi connectivity index (χ1v) is 6.49. The summed E-state index contributed by atoms with van der Waals surface area (Å²) in [7, 11) is 0. The van der Waals surface area contributed by atoms with Crippen LogP contribution in [0.3, 0.4) is 0 Å². The summed E-state index contributed by atoms with van der Waals surface area (Å²) in [6.07, 6.45) is 3.13. The number of pyridine rings is 2. The molecular weight excluding hydrogens is 364 g/mol. The van der Waals surface area contributed by atoms with Crippen LogP contribution in [0.1, 0.15) is 10.4 Å². The van der Waals surface area contributed by atoms with Crippen molar-refractivity contribution < 1.29 is 4.79 Å². The van der Waals surface area contributed by atoms with Gasteiger partial charge in [0.15, 0.2) is 0 Å². The fourth-order valence-electron chi connectivity index (χ4n) is 1.27. The standard InChI is InChI=1S/C11H8Br2N4O/c12-6-1-2-9(15-4-6)17-11(18)8-3-7(13)5-16-10(8)14/h1-5H,(H2,14,16)(H,15,17,18). The number of anilines is 2. The molecule has 5 nitrogen and oxygen atoms in total. The van der Waals surface area contributed by atoms with Gasteiger partial charge in [-0.3, -0.25) is 4.79 Å². The van der Waals surface area contributed by atoms with E-state index in [1.807, 2.05) is 0 Å². The molecule has 7 heteroatoms. The van der Waals surface area contributed by atoms with E-state index in [9.17, 15) is 4.79 Å². The van der Waals surface area contributed by atoms with Gasteiger partial charge in [-0.1, -0.05) is 0 Å². The molecule has 18 heavy (non-hydrogen) atoms. The van der Waals surface area contributed by atoms with Gasteiger partial charge in [-0.25, -0.2) is 9.97 Å². The van der Waals surface area contributed by atoms with E-state index in [4.69, 9.17) is 5.73 Å². The smallest absolute Gasteiger partial charge is 0.260 e. The number of rotatable bonds is 2. The molecule has 0 radical (unpaired) electrons. The van der Waals surface area contributed by atoms with Crippen LogP contribution in [-0.2, 0) is 0 Å². The van der Waals surface area contributed by atoms with Crippen molar-refractivity contribution in [2.75, 3.05) is 11.1 Å². The third-order valence-electron chi connectivity index (χ3n) is 2.10. The Labute approximate surface area is 120 Å². The van der Waals surface area contributed by atoms with Crippen LogP contribution < -0.4 is 11.1 Å². The van der Waals surface area contributed by atoms with E-state index in [0.29, 0.717) is 15.9 Å². The van der Waals surface area contributed by atoms with E-state index in [1.54, 1.807) is 24.4 Å². The molecule has 0 spiro atoms. The zero-order chi connectivity index (χ0) is 13.1. The summed E-state index contributed by atoms with van der Waals surface area (Å²) >= 11 is 6.51. The van der Waals surface area contributed by atoms with E-state index >= 15 is 0 Å². The molecule has 0 fully saturated rings. The minimum atomic E-state index is -0.351. The summed E-state index contributed by atoms with van der Waals surface area (Å²) in [6, 6.07) is 5.07.